The van der Waals surface area contributed by atoms with Crippen LogP contribution in [-0.2, 0) is 23.9 Å². The molecule has 4 amide bonds. The largest absolute Gasteiger partial charge is 0.464 e. The molecule has 2 heterocycles. The number of hydroxylamine groups is 1. The molecular weight excluding hydrogens is 506 g/mol. The van der Waals surface area contributed by atoms with E-state index >= 15 is 0 Å². The summed E-state index contributed by atoms with van der Waals surface area (Å²) in [5.74, 6) is -4.12. The summed E-state index contributed by atoms with van der Waals surface area (Å²) in [6, 6.07) is -0.970. The van der Waals surface area contributed by atoms with Crippen LogP contribution in [0.3, 0.4) is 0 Å². The van der Waals surface area contributed by atoms with Crippen LogP contribution in [0.2, 0.25) is 0 Å². The Balaban J connectivity index is 2.28. The molecule has 0 unspecified atom stereocenters. The fourth-order valence-corrected chi connectivity index (χ4v) is 4.70. The number of aromatic nitrogens is 1. The van der Waals surface area contributed by atoms with Crippen LogP contribution in [0.1, 0.15) is 62.9 Å². The van der Waals surface area contributed by atoms with Crippen molar-refractivity contribution in [1.82, 2.24) is 21.1 Å². The minimum Gasteiger partial charge on any atom is -0.464 e. The van der Waals surface area contributed by atoms with E-state index in [4.69, 9.17) is 4.74 Å². The zero-order valence-corrected chi connectivity index (χ0v) is 22.0. The van der Waals surface area contributed by atoms with Gasteiger partial charge in [0.15, 0.2) is 10.8 Å². The third kappa shape index (κ3) is 9.61. The first kappa shape index (κ1) is 30.0. The highest BCUT2D eigenvalue weighted by molar-refractivity contribution is 7.14. The monoisotopic (exact) mass is 541 g/mol. The maximum absolute atomic E-state index is 13.4. The molecule has 0 saturated carbocycles. The van der Waals surface area contributed by atoms with Gasteiger partial charge in [-0.05, 0) is 44.4 Å². The molecule has 1 aliphatic rings. The number of nitrogens with one attached hydrogen (secondary N) is 4. The standard InChI is InChI=1S/C23H35N5O8S/c1-13(2)11-15-14(19(30)28-34)7-6-10-36-23(33)24-9-5-4-8-16(25-18(15)29)20(31)27-22-26-17(12-37-22)21(32)35-3/h12-16,34H,4-11H2,1-3H3,(H,24,33)(H,25,29)(H,28,30)(H,26,27,31)/t14-,15+,16-/m0/s1. The Morgan fingerprint density at radius 2 is 1.97 bits per heavy atom. The fraction of sp³-hybridized carbons (Fsp3) is 0.652. The van der Waals surface area contributed by atoms with E-state index in [0.717, 1.165) is 11.3 Å². The number of amides is 4. The number of thiazole rings is 1. The molecule has 0 radical (unpaired) electrons. The SMILES string of the molecule is COC(=O)c1csc(NC(=O)[C@@H]2CCCCNC(=O)OCCC[C@H](C(=O)NO)[C@@H](CC(C)C)C(=O)N2)n1. The summed E-state index contributed by atoms with van der Waals surface area (Å²) >= 11 is 1.03. The smallest absolute Gasteiger partial charge is 0.407 e. The van der Waals surface area contributed by atoms with Gasteiger partial charge in [0.2, 0.25) is 17.7 Å². The number of hydrogen-bond donors (Lipinski definition) is 5. The molecule has 1 aliphatic heterocycles. The number of nitrogens with zero attached hydrogens (tertiary/aromatic N) is 1. The van der Waals surface area contributed by atoms with Crippen molar-refractivity contribution in [2.45, 2.75) is 58.4 Å². The highest BCUT2D eigenvalue weighted by Crippen LogP contribution is 2.26. The first-order chi connectivity index (χ1) is 17.7. The second kappa shape index (κ2) is 15.1. The van der Waals surface area contributed by atoms with Gasteiger partial charge in [-0.3, -0.25) is 19.6 Å². The van der Waals surface area contributed by atoms with E-state index in [1.54, 1.807) is 5.48 Å². The Kier molecular flexibility index (Phi) is 12.2. The van der Waals surface area contributed by atoms with Gasteiger partial charge in [0, 0.05) is 17.8 Å². The molecule has 5 N–H and O–H groups in total. The number of ether oxygens (including phenoxy) is 2. The van der Waals surface area contributed by atoms with Crippen LogP contribution in [0, 0.1) is 17.8 Å². The number of anilines is 1. The van der Waals surface area contributed by atoms with Gasteiger partial charge < -0.3 is 25.4 Å². The summed E-state index contributed by atoms with van der Waals surface area (Å²) in [6.07, 6.45) is 1.47. The van der Waals surface area contributed by atoms with Crippen molar-refractivity contribution in [1.29, 1.82) is 0 Å². The number of methoxy groups -OCH3 is 1. The summed E-state index contributed by atoms with van der Waals surface area (Å²) in [5, 5.41) is 18.9. The number of carbonyl (C=O) groups is 5. The van der Waals surface area contributed by atoms with E-state index in [9.17, 15) is 29.2 Å². The van der Waals surface area contributed by atoms with Gasteiger partial charge in [0.1, 0.15) is 6.04 Å². The van der Waals surface area contributed by atoms with E-state index in [0.29, 0.717) is 32.2 Å². The lowest BCUT2D eigenvalue weighted by Crippen LogP contribution is -2.49. The van der Waals surface area contributed by atoms with E-state index in [1.807, 2.05) is 13.8 Å². The molecule has 13 nitrogen and oxygen atoms in total. The number of hydrogen-bond acceptors (Lipinski definition) is 10. The third-order valence-corrected chi connectivity index (χ3v) is 6.60. The quantitative estimate of drug-likeness (QED) is 0.203. The van der Waals surface area contributed by atoms with Crippen LogP contribution < -0.4 is 21.4 Å². The maximum Gasteiger partial charge on any atom is 0.407 e. The zero-order valence-electron chi connectivity index (χ0n) is 21.2. The van der Waals surface area contributed by atoms with E-state index in [-0.39, 0.29) is 36.2 Å². The topological polar surface area (TPSA) is 185 Å². The maximum atomic E-state index is 13.4. The lowest BCUT2D eigenvalue weighted by Gasteiger charge is -2.28. The van der Waals surface area contributed by atoms with Crippen LogP contribution in [0.4, 0.5) is 9.93 Å². The summed E-state index contributed by atoms with van der Waals surface area (Å²) in [5.41, 5.74) is 1.67. The van der Waals surface area contributed by atoms with Gasteiger partial charge in [-0.15, -0.1) is 11.3 Å². The second-order valence-corrected chi connectivity index (χ2v) is 9.96. The molecule has 1 aromatic heterocycles. The lowest BCUT2D eigenvalue weighted by atomic mass is 9.81. The van der Waals surface area contributed by atoms with Crippen molar-refractivity contribution in [2.24, 2.45) is 17.8 Å². The van der Waals surface area contributed by atoms with E-state index < -0.39 is 47.7 Å². The molecule has 1 aromatic rings. The van der Waals surface area contributed by atoms with Crippen molar-refractivity contribution in [2.75, 3.05) is 25.6 Å². The van der Waals surface area contributed by atoms with Crippen LogP contribution in [0.25, 0.3) is 0 Å². The van der Waals surface area contributed by atoms with Gasteiger partial charge in [-0.2, -0.15) is 0 Å². The predicted molar refractivity (Wildman–Crippen MR) is 133 cm³/mol. The van der Waals surface area contributed by atoms with Crippen molar-refractivity contribution < 1.29 is 38.7 Å². The molecular formula is C23H35N5O8S. The molecule has 0 aliphatic carbocycles. The Bertz CT molecular complexity index is 953. The first-order valence-electron chi connectivity index (χ1n) is 12.2. The molecule has 14 heteroatoms. The second-order valence-electron chi connectivity index (χ2n) is 9.10. The Labute approximate surface area is 219 Å². The molecule has 37 heavy (non-hydrogen) atoms. The molecule has 0 bridgehead atoms. The Morgan fingerprint density at radius 3 is 2.65 bits per heavy atom. The molecule has 0 aromatic carbocycles. The fourth-order valence-electron chi connectivity index (χ4n) is 4.01. The minimum atomic E-state index is -0.970. The van der Waals surface area contributed by atoms with Gasteiger partial charge in [-0.25, -0.2) is 20.1 Å². The number of rotatable bonds is 6. The van der Waals surface area contributed by atoms with Crippen molar-refractivity contribution >= 4 is 46.3 Å². The molecule has 1 saturated heterocycles. The molecule has 0 spiro atoms. The van der Waals surface area contributed by atoms with Crippen LogP contribution in [0.5, 0.6) is 0 Å². The average Bonchev–Trinajstić information content (AvgIpc) is 3.33. The minimum absolute atomic E-state index is 0.0354. The summed E-state index contributed by atoms with van der Waals surface area (Å²) in [7, 11) is 1.22. The van der Waals surface area contributed by atoms with Crippen molar-refractivity contribution in [3.8, 4) is 0 Å². The summed E-state index contributed by atoms with van der Waals surface area (Å²) in [4.78, 5) is 66.7. The number of esters is 1. The summed E-state index contributed by atoms with van der Waals surface area (Å²) < 4.78 is 9.75. The summed E-state index contributed by atoms with van der Waals surface area (Å²) in [6.45, 7) is 4.16. The molecule has 2 rings (SSSR count). The Morgan fingerprint density at radius 1 is 1.22 bits per heavy atom. The number of alkyl carbamates (subject to hydrolysis) is 1. The van der Waals surface area contributed by atoms with Crippen molar-refractivity contribution in [3.63, 3.8) is 0 Å². The Hall–Kier alpha value is -3.26. The number of carbonyl (C=O) groups excluding carboxylic acids is 5. The normalized spacial score (nSPS) is 21.9. The van der Waals surface area contributed by atoms with Crippen LogP contribution in [-0.4, -0.2) is 66.3 Å². The zero-order chi connectivity index (χ0) is 27.4. The third-order valence-electron chi connectivity index (χ3n) is 5.84. The highest BCUT2D eigenvalue weighted by Gasteiger charge is 2.36. The lowest BCUT2D eigenvalue weighted by molar-refractivity contribution is -0.142. The van der Waals surface area contributed by atoms with Gasteiger partial charge in [0.05, 0.1) is 19.6 Å². The van der Waals surface area contributed by atoms with Gasteiger partial charge in [0.25, 0.3) is 0 Å². The first-order valence-corrected chi connectivity index (χ1v) is 13.0. The van der Waals surface area contributed by atoms with Gasteiger partial charge >= 0.3 is 12.1 Å². The van der Waals surface area contributed by atoms with Gasteiger partial charge in [-0.1, -0.05) is 13.8 Å². The van der Waals surface area contributed by atoms with Crippen LogP contribution >= 0.6 is 11.3 Å². The number of cyclic esters (lactones) is 1. The molecule has 206 valence electrons. The van der Waals surface area contributed by atoms with Crippen LogP contribution in [0.15, 0.2) is 5.38 Å². The average molecular weight is 542 g/mol. The highest BCUT2D eigenvalue weighted by atomic mass is 32.1. The molecule has 1 fully saturated rings. The molecule has 3 atom stereocenters. The predicted octanol–water partition coefficient (Wildman–Crippen LogP) is 1.83. The van der Waals surface area contributed by atoms with E-state index in [1.165, 1.54) is 12.5 Å². The van der Waals surface area contributed by atoms with Crippen molar-refractivity contribution in [3.05, 3.63) is 11.1 Å². The van der Waals surface area contributed by atoms with E-state index in [2.05, 4.69) is 25.7 Å².